The van der Waals surface area contributed by atoms with E-state index in [-0.39, 0.29) is 42.3 Å². The molecule has 2 aromatic heterocycles. The predicted octanol–water partition coefficient (Wildman–Crippen LogP) is 4.20. The number of fused-ring (bicyclic) bond motifs is 6. The Hall–Kier alpha value is -5.89. The lowest BCUT2D eigenvalue weighted by atomic mass is 10.0. The van der Waals surface area contributed by atoms with E-state index in [1.807, 2.05) is 43.0 Å². The van der Waals surface area contributed by atoms with Gasteiger partial charge in [0, 0.05) is 55.1 Å². The number of nitrogens with zero attached hydrogens (tertiary/aromatic N) is 5. The number of ether oxygens (including phenoxy) is 2. The van der Waals surface area contributed by atoms with Gasteiger partial charge in [-0.25, -0.2) is 9.37 Å². The van der Waals surface area contributed by atoms with Gasteiger partial charge in [0.1, 0.15) is 23.1 Å². The third-order valence-electron chi connectivity index (χ3n) is 9.14. The van der Waals surface area contributed by atoms with Crippen molar-refractivity contribution in [1.29, 1.82) is 0 Å². The van der Waals surface area contributed by atoms with Gasteiger partial charge in [0.25, 0.3) is 11.8 Å². The summed E-state index contributed by atoms with van der Waals surface area (Å²) in [6.45, 7) is 4.67. The van der Waals surface area contributed by atoms with E-state index in [2.05, 4.69) is 25.8 Å². The van der Waals surface area contributed by atoms with Gasteiger partial charge in [-0.1, -0.05) is 12.1 Å². The summed E-state index contributed by atoms with van der Waals surface area (Å²) in [6.07, 6.45) is 1.84. The largest absolute Gasteiger partial charge is 0.457 e. The zero-order chi connectivity index (χ0) is 35.6. The molecule has 7 rings (SSSR count). The molecule has 3 N–H and O–H groups in total. The minimum absolute atomic E-state index is 0.0554. The number of aromatic amines is 1. The quantitative estimate of drug-likeness (QED) is 0.252. The van der Waals surface area contributed by atoms with E-state index in [1.54, 1.807) is 12.3 Å². The Bertz CT molecular complexity index is 2120. The first-order valence-electron chi connectivity index (χ1n) is 16.6. The van der Waals surface area contributed by atoms with Crippen molar-refractivity contribution in [2.45, 2.75) is 45.6 Å². The molecule has 3 aromatic carbocycles. The number of H-pyrrole nitrogens is 1. The van der Waals surface area contributed by atoms with E-state index < -0.39 is 35.7 Å². The number of hydrogen-bond donors (Lipinski definition) is 3. The van der Waals surface area contributed by atoms with Gasteiger partial charge in [-0.15, -0.1) is 0 Å². The predicted molar refractivity (Wildman–Crippen MR) is 186 cm³/mol. The molecule has 0 aliphatic carbocycles. The molecule has 0 saturated carbocycles. The zero-order valence-corrected chi connectivity index (χ0v) is 28.4. The van der Waals surface area contributed by atoms with Crippen molar-refractivity contribution in [3.63, 3.8) is 0 Å². The molecular formula is C37H37FN8O5. The van der Waals surface area contributed by atoms with E-state index in [1.165, 1.54) is 42.3 Å². The summed E-state index contributed by atoms with van der Waals surface area (Å²) in [5.74, 6) is -0.922. The number of anilines is 1. The summed E-state index contributed by atoms with van der Waals surface area (Å²) in [6, 6.07) is 15.7. The highest BCUT2D eigenvalue weighted by Gasteiger charge is 2.33. The Balaban J connectivity index is 1.17. The van der Waals surface area contributed by atoms with Crippen LogP contribution in [0.4, 0.5) is 10.2 Å². The number of benzene rings is 3. The molecule has 3 amide bonds. The Morgan fingerprint density at radius 3 is 2.67 bits per heavy atom. The van der Waals surface area contributed by atoms with E-state index in [0.29, 0.717) is 30.9 Å². The maximum Gasteiger partial charge on any atom is 0.254 e. The summed E-state index contributed by atoms with van der Waals surface area (Å²) < 4.78 is 27.3. The van der Waals surface area contributed by atoms with Gasteiger partial charge in [-0.2, -0.15) is 5.10 Å². The number of likely N-dealkylation sites (N-methyl/N-ethyl adjacent to an activating group) is 1. The molecule has 51 heavy (non-hydrogen) atoms. The number of carbonyl (C=O) groups excluding carboxylic acids is 3. The number of carbonyl (C=O) groups is 3. The standard InChI is InChI=1S/C37H37FN8O5/c1-21-29(22(2)44-43-21)16-40-36(48)24-12-25-14-28(13-24)51-27-11-23(10-26(38)15-27)20-50-33-8-9-46(18-32(33)42-35(47)19-45(3)37(25)49)34-17-39-30-6-4-5-7-31(30)41-34/h4-7,10-15,17,32-33H,8-9,16,18-20H2,1-3H3,(H,40,48)(H,42,47)(H,43,44)/t32-,33+/m1/s1. The molecule has 0 radical (unpaired) electrons. The van der Waals surface area contributed by atoms with Gasteiger partial charge >= 0.3 is 0 Å². The molecule has 1 saturated heterocycles. The highest BCUT2D eigenvalue weighted by atomic mass is 19.1. The minimum Gasteiger partial charge on any atom is -0.457 e. The molecule has 2 aliphatic heterocycles. The molecule has 0 spiro atoms. The smallest absolute Gasteiger partial charge is 0.254 e. The summed E-state index contributed by atoms with van der Waals surface area (Å²) >= 11 is 0. The molecule has 0 unspecified atom stereocenters. The second kappa shape index (κ2) is 14.2. The number of rotatable bonds is 4. The van der Waals surface area contributed by atoms with E-state index in [0.717, 1.165) is 28.0 Å². The number of halogens is 1. The molecule has 13 nitrogen and oxygen atoms in total. The minimum atomic E-state index is -0.544. The molecule has 14 heteroatoms. The maximum atomic E-state index is 14.9. The Labute approximate surface area is 293 Å². The van der Waals surface area contributed by atoms with E-state index >= 15 is 0 Å². The number of para-hydroxylation sites is 2. The van der Waals surface area contributed by atoms with Gasteiger partial charge in [-0.05, 0) is 68.3 Å². The van der Waals surface area contributed by atoms with Crippen LogP contribution in [0.25, 0.3) is 11.0 Å². The van der Waals surface area contributed by atoms with Crippen LogP contribution >= 0.6 is 0 Å². The van der Waals surface area contributed by atoms with Crippen LogP contribution in [0.3, 0.4) is 0 Å². The molecule has 5 aromatic rings. The highest BCUT2D eigenvalue weighted by Crippen LogP contribution is 2.29. The number of piperidine rings is 1. The summed E-state index contributed by atoms with van der Waals surface area (Å²) in [7, 11) is 1.51. The number of aryl methyl sites for hydroxylation is 2. The first-order valence-corrected chi connectivity index (χ1v) is 16.6. The van der Waals surface area contributed by atoms with Crippen molar-refractivity contribution in [2.24, 2.45) is 0 Å². The van der Waals surface area contributed by atoms with Gasteiger partial charge in [-0.3, -0.25) is 24.5 Å². The number of amides is 3. The molecule has 262 valence electrons. The molecule has 4 bridgehead atoms. The molecular weight excluding hydrogens is 655 g/mol. The fourth-order valence-electron chi connectivity index (χ4n) is 6.46. The lowest BCUT2D eigenvalue weighted by Gasteiger charge is -2.39. The van der Waals surface area contributed by atoms with Crippen molar-refractivity contribution < 1.29 is 28.2 Å². The second-order valence-corrected chi connectivity index (χ2v) is 12.9. The topological polar surface area (TPSA) is 155 Å². The number of hydrogen-bond acceptors (Lipinski definition) is 9. The van der Waals surface area contributed by atoms with E-state index in [9.17, 15) is 18.8 Å². The number of nitrogens with one attached hydrogen (secondary N) is 3. The monoisotopic (exact) mass is 692 g/mol. The first kappa shape index (κ1) is 33.6. The normalized spacial score (nSPS) is 18.2. The Kier molecular flexibility index (Phi) is 9.32. The molecule has 1 fully saturated rings. The fraction of sp³-hybridized carbons (Fsp3) is 0.297. The maximum absolute atomic E-state index is 14.9. The summed E-state index contributed by atoms with van der Waals surface area (Å²) in [4.78, 5) is 53.3. The first-order chi connectivity index (χ1) is 24.6. The summed E-state index contributed by atoms with van der Waals surface area (Å²) in [5.41, 5.74) is 4.75. The fourth-order valence-corrected chi connectivity index (χ4v) is 6.46. The van der Waals surface area contributed by atoms with Gasteiger partial charge in [0.05, 0.1) is 48.2 Å². The lowest BCUT2D eigenvalue weighted by Crippen LogP contribution is -2.57. The average Bonchev–Trinajstić information content (AvgIpc) is 3.44. The van der Waals surface area contributed by atoms with Crippen molar-refractivity contribution in [3.8, 4) is 11.5 Å². The van der Waals surface area contributed by atoms with Crippen LogP contribution in [0.2, 0.25) is 0 Å². The molecule has 2 atom stereocenters. The van der Waals surface area contributed by atoms with Crippen LogP contribution in [-0.4, -0.2) is 81.6 Å². The van der Waals surface area contributed by atoms with Crippen LogP contribution < -0.4 is 20.3 Å². The van der Waals surface area contributed by atoms with Crippen LogP contribution in [0.5, 0.6) is 11.5 Å². The van der Waals surface area contributed by atoms with Crippen molar-refractivity contribution in [3.05, 3.63) is 106 Å². The highest BCUT2D eigenvalue weighted by molar-refractivity contribution is 6.01. The van der Waals surface area contributed by atoms with Gasteiger partial charge in [0.15, 0.2) is 0 Å². The zero-order valence-electron chi connectivity index (χ0n) is 28.4. The molecule has 2 aliphatic rings. The van der Waals surface area contributed by atoms with Crippen LogP contribution in [0.1, 0.15) is 49.7 Å². The van der Waals surface area contributed by atoms with Gasteiger partial charge in [0.2, 0.25) is 5.91 Å². The molecule has 4 heterocycles. The van der Waals surface area contributed by atoms with Crippen molar-refractivity contribution >= 4 is 34.6 Å². The van der Waals surface area contributed by atoms with E-state index in [4.69, 9.17) is 14.5 Å². The third-order valence-corrected chi connectivity index (χ3v) is 9.14. The van der Waals surface area contributed by atoms with Crippen molar-refractivity contribution in [2.75, 3.05) is 31.6 Å². The SMILES string of the molecule is Cc1n[nH]c(C)c1CNC(=O)c1cc2cc(c1)C(=O)N(C)CC(=O)N[C@@H]1CN(c3cnc4ccccc4n3)CC[C@@H]1OCc1cc(F)cc(c1)O2. The Morgan fingerprint density at radius 2 is 1.86 bits per heavy atom. The average molecular weight is 693 g/mol. The van der Waals surface area contributed by atoms with Gasteiger partial charge < -0.3 is 29.9 Å². The second-order valence-electron chi connectivity index (χ2n) is 12.9. The lowest BCUT2D eigenvalue weighted by molar-refractivity contribution is -0.123. The third kappa shape index (κ3) is 7.50. The number of aromatic nitrogens is 4. The summed E-state index contributed by atoms with van der Waals surface area (Å²) in [5, 5.41) is 13.0. The van der Waals surface area contributed by atoms with Crippen LogP contribution in [-0.2, 0) is 22.7 Å². The van der Waals surface area contributed by atoms with Crippen molar-refractivity contribution in [1.82, 2.24) is 35.7 Å². The van der Waals surface area contributed by atoms with Crippen LogP contribution in [0, 0.1) is 19.7 Å². The Morgan fingerprint density at radius 1 is 1.06 bits per heavy atom. The van der Waals surface area contributed by atoms with Crippen LogP contribution in [0.15, 0.2) is 66.9 Å².